The fourth-order valence-corrected chi connectivity index (χ4v) is 3.82. The number of halogens is 4. The van der Waals surface area contributed by atoms with E-state index in [2.05, 4.69) is 20.1 Å². The Hall–Kier alpha value is -1.54. The molecule has 4 aliphatic carbocycles. The predicted molar refractivity (Wildman–Crippen MR) is 91.0 cm³/mol. The summed E-state index contributed by atoms with van der Waals surface area (Å²) in [6, 6.07) is 10.8. The van der Waals surface area contributed by atoms with E-state index in [1.807, 2.05) is 18.2 Å². The van der Waals surface area contributed by atoms with Gasteiger partial charge in [0, 0.05) is 4.47 Å². The summed E-state index contributed by atoms with van der Waals surface area (Å²) in [6.45, 7) is 0. The topological polar surface area (TPSA) is 43.4 Å². The minimum absolute atomic E-state index is 0.246. The van der Waals surface area contributed by atoms with E-state index in [4.69, 9.17) is 0 Å². The molecule has 0 saturated carbocycles. The van der Waals surface area contributed by atoms with Crippen LogP contribution in [0.25, 0.3) is 0 Å². The molecule has 0 radical (unpaired) electrons. The highest BCUT2D eigenvalue weighted by Gasteiger charge is 2.48. The summed E-state index contributed by atoms with van der Waals surface area (Å²) in [4.78, 5) is 0. The van der Waals surface area contributed by atoms with Crippen LogP contribution in [-0.4, -0.2) is 13.9 Å². The zero-order chi connectivity index (χ0) is 18.2. The van der Waals surface area contributed by atoms with Crippen molar-refractivity contribution in [1.29, 1.82) is 0 Å². The van der Waals surface area contributed by atoms with Gasteiger partial charge in [-0.3, -0.25) is 0 Å². The van der Waals surface area contributed by atoms with Gasteiger partial charge < -0.3 is 4.18 Å². The zero-order valence-corrected chi connectivity index (χ0v) is 15.3. The summed E-state index contributed by atoms with van der Waals surface area (Å²) in [5.74, 6) is -0.246. The molecule has 4 bridgehead atoms. The molecule has 0 saturated heterocycles. The van der Waals surface area contributed by atoms with Crippen molar-refractivity contribution in [2.24, 2.45) is 0 Å². The van der Waals surface area contributed by atoms with Gasteiger partial charge in [0.2, 0.25) is 0 Å². The van der Waals surface area contributed by atoms with E-state index in [0.717, 1.165) is 15.6 Å². The van der Waals surface area contributed by atoms with Crippen molar-refractivity contribution in [1.82, 2.24) is 0 Å². The molecule has 2 aromatic rings. The van der Waals surface area contributed by atoms with Gasteiger partial charge in [-0.05, 0) is 60.1 Å². The van der Waals surface area contributed by atoms with Crippen LogP contribution in [0.3, 0.4) is 0 Å². The summed E-state index contributed by atoms with van der Waals surface area (Å²) in [7, 11) is -5.69. The number of hydrogen-bond donors (Lipinski definition) is 0. The molecule has 0 heterocycles. The highest BCUT2D eigenvalue weighted by molar-refractivity contribution is 9.10. The quantitative estimate of drug-likeness (QED) is 0.513. The smallest absolute Gasteiger partial charge is 0.376 e. The molecule has 0 fully saturated rings. The second-order valence-electron chi connectivity index (χ2n) is 5.85. The summed E-state index contributed by atoms with van der Waals surface area (Å²) < 4.78 is 66.1. The van der Waals surface area contributed by atoms with E-state index in [9.17, 15) is 21.6 Å². The number of aryl methyl sites for hydroxylation is 4. The van der Waals surface area contributed by atoms with Crippen molar-refractivity contribution in [3.8, 4) is 5.75 Å². The van der Waals surface area contributed by atoms with Crippen molar-refractivity contribution in [2.75, 3.05) is 0 Å². The lowest BCUT2D eigenvalue weighted by atomic mass is 9.96. The van der Waals surface area contributed by atoms with Gasteiger partial charge in [-0.2, -0.15) is 21.6 Å². The lowest BCUT2D eigenvalue weighted by Gasteiger charge is -2.16. The number of rotatable bonds is 2. The van der Waals surface area contributed by atoms with Crippen molar-refractivity contribution in [3.05, 3.63) is 63.1 Å². The molecule has 0 atom stereocenters. The Morgan fingerprint density at radius 2 is 1.44 bits per heavy atom. The van der Waals surface area contributed by atoms with Crippen LogP contribution in [-0.2, 0) is 35.8 Å². The first kappa shape index (κ1) is 18.3. The summed E-state index contributed by atoms with van der Waals surface area (Å²) in [5.41, 5.74) is -2.22. The molecule has 0 aromatic heterocycles. The second-order valence-corrected chi connectivity index (χ2v) is 8.24. The Kier molecular flexibility index (Phi) is 4.85. The van der Waals surface area contributed by atoms with E-state index < -0.39 is 15.6 Å². The summed E-state index contributed by atoms with van der Waals surface area (Å²) >= 11 is 3.54. The highest BCUT2D eigenvalue weighted by atomic mass is 79.9. The van der Waals surface area contributed by atoms with Crippen molar-refractivity contribution in [2.45, 2.75) is 31.2 Å². The Labute approximate surface area is 152 Å². The minimum atomic E-state index is -5.69. The second kappa shape index (κ2) is 6.64. The van der Waals surface area contributed by atoms with Crippen LogP contribution < -0.4 is 4.18 Å². The maximum absolute atomic E-state index is 12.6. The van der Waals surface area contributed by atoms with Gasteiger partial charge >= 0.3 is 15.6 Å². The fraction of sp³-hybridized carbons (Fsp3) is 0.294. The molecule has 8 heteroatoms. The standard InChI is InChI=1S/C17H14BrF3O3S/c18-15-9-11-1-5-13(15)6-2-12-4-8-14(7-3-11)16(10-12)24-25(22,23)17(19,20)21/h1,4-5,8-10H,2-3,6-7H2. The van der Waals surface area contributed by atoms with Crippen molar-refractivity contribution < 1.29 is 25.8 Å². The van der Waals surface area contributed by atoms with Gasteiger partial charge in [0.15, 0.2) is 0 Å². The van der Waals surface area contributed by atoms with Crippen molar-refractivity contribution >= 4 is 26.0 Å². The molecule has 0 amide bonds. The van der Waals surface area contributed by atoms with Crippen LogP contribution in [0.5, 0.6) is 5.75 Å². The van der Waals surface area contributed by atoms with Gasteiger partial charge in [-0.25, -0.2) is 0 Å². The largest absolute Gasteiger partial charge is 0.534 e. The third-order valence-electron chi connectivity index (χ3n) is 4.10. The molecule has 0 aliphatic heterocycles. The monoisotopic (exact) mass is 434 g/mol. The molecule has 4 aliphatic rings. The maximum atomic E-state index is 12.6. The average molecular weight is 435 g/mol. The first-order chi connectivity index (χ1) is 11.7. The molecule has 3 nitrogen and oxygen atoms in total. The maximum Gasteiger partial charge on any atom is 0.534 e. The van der Waals surface area contributed by atoms with Gasteiger partial charge in [0.25, 0.3) is 0 Å². The Morgan fingerprint density at radius 1 is 0.880 bits per heavy atom. The van der Waals surface area contributed by atoms with Crippen molar-refractivity contribution in [3.63, 3.8) is 0 Å². The Bertz CT molecular complexity index is 908. The minimum Gasteiger partial charge on any atom is -0.376 e. The van der Waals surface area contributed by atoms with Gasteiger partial charge in [0.1, 0.15) is 5.75 Å². The van der Waals surface area contributed by atoms with E-state index in [0.29, 0.717) is 36.8 Å². The molecule has 2 aromatic carbocycles. The van der Waals surface area contributed by atoms with Crippen LogP contribution >= 0.6 is 15.9 Å². The fourth-order valence-electron chi connectivity index (χ4n) is 2.71. The molecular weight excluding hydrogens is 421 g/mol. The number of hydrogen-bond acceptors (Lipinski definition) is 3. The van der Waals surface area contributed by atoms with Gasteiger partial charge in [-0.1, -0.05) is 40.2 Å². The molecule has 25 heavy (non-hydrogen) atoms. The van der Waals surface area contributed by atoms with E-state index >= 15 is 0 Å². The third-order valence-corrected chi connectivity index (χ3v) is 5.80. The van der Waals surface area contributed by atoms with E-state index in [1.54, 1.807) is 12.1 Å². The lowest BCUT2D eigenvalue weighted by molar-refractivity contribution is -0.0500. The van der Waals surface area contributed by atoms with Crippen LogP contribution in [0.15, 0.2) is 40.9 Å². The summed E-state index contributed by atoms with van der Waals surface area (Å²) in [5, 5.41) is 0. The molecule has 0 N–H and O–H groups in total. The van der Waals surface area contributed by atoms with E-state index in [-0.39, 0.29) is 5.75 Å². The third kappa shape index (κ3) is 4.00. The summed E-state index contributed by atoms with van der Waals surface area (Å²) in [6.07, 6.45) is 2.15. The van der Waals surface area contributed by atoms with Crippen LogP contribution in [0.4, 0.5) is 13.2 Å². The molecule has 6 rings (SSSR count). The SMILES string of the molecule is O=S(=O)(Oc1cc2ccc1CCc1ccc(c(Br)c1)CC2)C(F)(F)F. The first-order valence-corrected chi connectivity index (χ1v) is 9.76. The number of alkyl halides is 3. The Balaban J connectivity index is 1.99. The molecule has 134 valence electrons. The van der Waals surface area contributed by atoms with Crippen LogP contribution in [0.1, 0.15) is 22.3 Å². The molecule has 0 unspecified atom stereocenters. The Morgan fingerprint density at radius 3 is 2.04 bits per heavy atom. The van der Waals surface area contributed by atoms with Gasteiger partial charge in [0.05, 0.1) is 0 Å². The average Bonchev–Trinajstić information content (AvgIpc) is 2.49. The van der Waals surface area contributed by atoms with E-state index in [1.165, 1.54) is 6.07 Å². The van der Waals surface area contributed by atoms with Gasteiger partial charge in [-0.15, -0.1) is 0 Å². The zero-order valence-electron chi connectivity index (χ0n) is 12.9. The highest BCUT2D eigenvalue weighted by Crippen LogP contribution is 2.32. The molecule has 0 spiro atoms. The normalized spacial score (nSPS) is 14.9. The molecular formula is C17H14BrF3O3S. The van der Waals surface area contributed by atoms with Crippen LogP contribution in [0, 0.1) is 0 Å². The predicted octanol–water partition coefficient (Wildman–Crippen LogP) is 4.56. The number of benzene rings is 2. The first-order valence-electron chi connectivity index (χ1n) is 7.55. The van der Waals surface area contributed by atoms with Crippen LogP contribution in [0.2, 0.25) is 0 Å². The lowest BCUT2D eigenvalue weighted by Crippen LogP contribution is -2.28.